The summed E-state index contributed by atoms with van der Waals surface area (Å²) in [5.41, 5.74) is 3.87. The maximum Gasteiger partial charge on any atom is 0.305 e. The van der Waals surface area contributed by atoms with Crippen molar-refractivity contribution in [1.82, 2.24) is 0 Å². The highest BCUT2D eigenvalue weighted by Gasteiger charge is 2.37. The third kappa shape index (κ3) is 3.65. The highest BCUT2D eigenvalue weighted by atomic mass is 16.4. The lowest BCUT2D eigenvalue weighted by Crippen LogP contribution is -2.58. The first-order valence-corrected chi connectivity index (χ1v) is 8.39. The molecule has 2 aromatic rings. The van der Waals surface area contributed by atoms with E-state index in [0.717, 1.165) is 22.5 Å². The third-order valence-corrected chi connectivity index (χ3v) is 4.51. The number of carbonyl (C=O) groups excluding carboxylic acids is 1. The number of carboxylic acid groups (broad SMARTS) is 1. The van der Waals surface area contributed by atoms with Crippen molar-refractivity contribution < 1.29 is 14.7 Å². The molecule has 5 heteroatoms. The zero-order valence-corrected chi connectivity index (χ0v) is 14.5. The molecule has 1 saturated heterocycles. The number of nitrogens with zero attached hydrogens (tertiary/aromatic N) is 2. The Labute approximate surface area is 147 Å². The minimum atomic E-state index is -0.970. The van der Waals surface area contributed by atoms with Gasteiger partial charge in [0.25, 0.3) is 0 Å². The summed E-state index contributed by atoms with van der Waals surface area (Å²) in [5, 5.41) is 9.31. The average molecular weight is 338 g/mol. The van der Waals surface area contributed by atoms with Gasteiger partial charge in [-0.25, -0.2) is 0 Å². The predicted molar refractivity (Wildman–Crippen MR) is 98.1 cm³/mol. The Morgan fingerprint density at radius 2 is 1.64 bits per heavy atom. The first kappa shape index (κ1) is 17.0. The molecule has 0 bridgehead atoms. The molecule has 5 nitrogen and oxygen atoms in total. The lowest BCUT2D eigenvalue weighted by Gasteiger charge is -2.41. The Bertz CT molecular complexity index is 803. The van der Waals surface area contributed by atoms with E-state index in [-0.39, 0.29) is 12.3 Å². The number of carboxylic acids is 1. The molecule has 1 amide bonds. The van der Waals surface area contributed by atoms with Crippen LogP contribution in [0.1, 0.15) is 17.5 Å². The van der Waals surface area contributed by atoms with E-state index in [2.05, 4.69) is 0 Å². The Balaban J connectivity index is 1.93. The summed E-state index contributed by atoms with van der Waals surface area (Å²) in [4.78, 5) is 28.0. The van der Waals surface area contributed by atoms with E-state index in [1.165, 1.54) is 0 Å². The van der Waals surface area contributed by atoms with Crippen molar-refractivity contribution in [3.8, 4) is 0 Å². The van der Waals surface area contributed by atoms with Gasteiger partial charge >= 0.3 is 5.97 Å². The summed E-state index contributed by atoms with van der Waals surface area (Å²) in [6, 6.07) is 14.9. The molecule has 1 heterocycles. The van der Waals surface area contributed by atoms with Crippen molar-refractivity contribution in [1.29, 1.82) is 0 Å². The topological polar surface area (TPSA) is 60.9 Å². The van der Waals surface area contributed by atoms with E-state index in [4.69, 9.17) is 0 Å². The maximum atomic E-state index is 13.1. The molecule has 130 valence electrons. The van der Waals surface area contributed by atoms with Crippen LogP contribution in [-0.4, -0.2) is 36.1 Å². The summed E-state index contributed by atoms with van der Waals surface area (Å²) in [6.07, 6.45) is -0.213. The summed E-state index contributed by atoms with van der Waals surface area (Å²) < 4.78 is 0. The Morgan fingerprint density at radius 3 is 2.24 bits per heavy atom. The molecule has 1 N–H and O–H groups in total. The first-order chi connectivity index (χ1) is 12.0. The second-order valence-corrected chi connectivity index (χ2v) is 6.47. The summed E-state index contributed by atoms with van der Waals surface area (Å²) >= 11 is 0. The summed E-state index contributed by atoms with van der Waals surface area (Å²) in [7, 11) is 0. The normalized spacial score (nSPS) is 17.7. The van der Waals surface area contributed by atoms with Crippen LogP contribution >= 0.6 is 0 Å². The van der Waals surface area contributed by atoms with Gasteiger partial charge in [0.2, 0.25) is 5.91 Å². The smallest absolute Gasteiger partial charge is 0.305 e. The van der Waals surface area contributed by atoms with Crippen LogP contribution in [-0.2, 0) is 9.59 Å². The van der Waals surface area contributed by atoms with E-state index >= 15 is 0 Å². The van der Waals surface area contributed by atoms with Gasteiger partial charge < -0.3 is 14.9 Å². The van der Waals surface area contributed by atoms with E-state index in [0.29, 0.717) is 13.1 Å². The molecule has 1 atom stereocenters. The van der Waals surface area contributed by atoms with Crippen LogP contribution in [0.25, 0.3) is 0 Å². The van der Waals surface area contributed by atoms with Crippen molar-refractivity contribution in [3.63, 3.8) is 0 Å². The number of carbonyl (C=O) groups is 2. The molecule has 0 aliphatic carbocycles. The number of aliphatic carboxylic acids is 1. The zero-order chi connectivity index (χ0) is 18.0. The summed E-state index contributed by atoms with van der Waals surface area (Å²) in [6.45, 7) is 5.10. The van der Waals surface area contributed by atoms with Crippen LogP contribution in [0.5, 0.6) is 0 Å². The van der Waals surface area contributed by atoms with E-state index < -0.39 is 12.0 Å². The van der Waals surface area contributed by atoms with Crippen LogP contribution in [0.3, 0.4) is 0 Å². The lowest BCUT2D eigenvalue weighted by atomic mass is 10.0. The highest BCUT2D eigenvalue weighted by molar-refractivity contribution is 6.02. The van der Waals surface area contributed by atoms with Crippen LogP contribution in [0.4, 0.5) is 11.4 Å². The number of hydrogen-bond donors (Lipinski definition) is 1. The average Bonchev–Trinajstić information content (AvgIpc) is 2.56. The molecular weight excluding hydrogens is 316 g/mol. The van der Waals surface area contributed by atoms with Crippen molar-refractivity contribution >= 4 is 23.3 Å². The minimum absolute atomic E-state index is 0.166. The van der Waals surface area contributed by atoms with Crippen molar-refractivity contribution in [2.24, 2.45) is 0 Å². The fourth-order valence-electron chi connectivity index (χ4n) is 3.32. The SMILES string of the molecule is Cc1cccc(N2CCN(c3cccc(C)c3)C(CC(=O)O)C2=O)c1. The highest BCUT2D eigenvalue weighted by Crippen LogP contribution is 2.27. The molecule has 1 aliphatic heterocycles. The summed E-state index contributed by atoms with van der Waals surface area (Å²) in [5.74, 6) is -1.14. The van der Waals surface area contributed by atoms with Gasteiger partial charge in [0, 0.05) is 24.5 Å². The second-order valence-electron chi connectivity index (χ2n) is 6.47. The fraction of sp³-hybridized carbons (Fsp3) is 0.300. The number of aryl methyl sites for hydroxylation is 2. The second kappa shape index (κ2) is 6.97. The maximum absolute atomic E-state index is 13.1. The molecule has 0 aromatic heterocycles. The van der Waals surface area contributed by atoms with Gasteiger partial charge in [0.05, 0.1) is 6.42 Å². The number of piperazine rings is 1. The number of amides is 1. The van der Waals surface area contributed by atoms with Crippen LogP contribution in [0.2, 0.25) is 0 Å². The minimum Gasteiger partial charge on any atom is -0.481 e. The van der Waals surface area contributed by atoms with E-state index in [1.807, 2.05) is 67.3 Å². The zero-order valence-electron chi connectivity index (χ0n) is 14.5. The lowest BCUT2D eigenvalue weighted by molar-refractivity contribution is -0.139. The molecule has 0 saturated carbocycles. The van der Waals surface area contributed by atoms with Crippen LogP contribution in [0.15, 0.2) is 48.5 Å². The molecule has 1 aliphatic rings. The fourth-order valence-corrected chi connectivity index (χ4v) is 3.32. The molecule has 2 aromatic carbocycles. The van der Waals surface area contributed by atoms with Gasteiger partial charge in [-0.15, -0.1) is 0 Å². The van der Waals surface area contributed by atoms with Crippen molar-refractivity contribution in [3.05, 3.63) is 59.7 Å². The quantitative estimate of drug-likeness (QED) is 0.931. The standard InChI is InChI=1S/C20H22N2O3/c1-14-5-3-7-16(11-14)21-9-10-22(17-8-4-6-15(2)12-17)20(25)18(21)13-19(23)24/h3-8,11-12,18H,9-10,13H2,1-2H3,(H,23,24). The van der Waals surface area contributed by atoms with Gasteiger partial charge in [0.1, 0.15) is 6.04 Å². The number of anilines is 2. The van der Waals surface area contributed by atoms with Crippen molar-refractivity contribution in [2.75, 3.05) is 22.9 Å². The Hall–Kier alpha value is -2.82. The molecule has 0 spiro atoms. The first-order valence-electron chi connectivity index (χ1n) is 8.39. The van der Waals surface area contributed by atoms with Gasteiger partial charge in [-0.05, 0) is 49.2 Å². The molecule has 1 fully saturated rings. The molecule has 1 unspecified atom stereocenters. The van der Waals surface area contributed by atoms with Crippen LogP contribution < -0.4 is 9.80 Å². The largest absolute Gasteiger partial charge is 0.481 e. The van der Waals surface area contributed by atoms with E-state index in [9.17, 15) is 14.7 Å². The van der Waals surface area contributed by atoms with Gasteiger partial charge in [-0.1, -0.05) is 24.3 Å². The molecule has 25 heavy (non-hydrogen) atoms. The molecule has 3 rings (SSSR count). The Kier molecular flexibility index (Phi) is 4.74. The number of hydrogen-bond acceptors (Lipinski definition) is 3. The van der Waals surface area contributed by atoms with Gasteiger partial charge in [-0.3, -0.25) is 9.59 Å². The van der Waals surface area contributed by atoms with Crippen molar-refractivity contribution in [2.45, 2.75) is 26.3 Å². The van der Waals surface area contributed by atoms with Gasteiger partial charge in [-0.2, -0.15) is 0 Å². The van der Waals surface area contributed by atoms with Crippen LogP contribution in [0, 0.1) is 13.8 Å². The molecule has 0 radical (unpaired) electrons. The third-order valence-electron chi connectivity index (χ3n) is 4.51. The van der Waals surface area contributed by atoms with E-state index in [1.54, 1.807) is 4.90 Å². The molecular formula is C20H22N2O3. The Morgan fingerprint density at radius 1 is 1.04 bits per heavy atom. The number of rotatable bonds is 4. The predicted octanol–water partition coefficient (Wildman–Crippen LogP) is 3.00. The van der Waals surface area contributed by atoms with Gasteiger partial charge in [0.15, 0.2) is 0 Å². The number of benzene rings is 2. The monoisotopic (exact) mass is 338 g/mol.